The number of halogens is 1. The van der Waals surface area contributed by atoms with Crippen molar-refractivity contribution in [2.45, 2.75) is 44.3 Å². The van der Waals surface area contributed by atoms with Gasteiger partial charge < -0.3 is 14.8 Å². The van der Waals surface area contributed by atoms with E-state index in [1.54, 1.807) is 12.2 Å². The van der Waals surface area contributed by atoms with E-state index in [9.17, 15) is 9.18 Å². The van der Waals surface area contributed by atoms with Crippen LogP contribution in [0.15, 0.2) is 66.9 Å². The largest absolute Gasteiger partial charge is 0.378 e. The molecule has 4 atom stereocenters. The predicted molar refractivity (Wildman–Crippen MR) is 127 cm³/mol. The van der Waals surface area contributed by atoms with Crippen molar-refractivity contribution in [1.29, 1.82) is 0 Å². The van der Waals surface area contributed by atoms with E-state index in [2.05, 4.69) is 45.1 Å². The lowest BCUT2D eigenvalue weighted by atomic mass is 9.74. The lowest BCUT2D eigenvalue weighted by Crippen LogP contribution is -2.31. The molecule has 4 bridgehead atoms. The van der Waals surface area contributed by atoms with Crippen molar-refractivity contribution in [2.75, 3.05) is 19.0 Å². The number of nitrogens with one attached hydrogen (secondary N) is 1. The van der Waals surface area contributed by atoms with Crippen LogP contribution in [0.1, 0.15) is 37.8 Å². The molecule has 1 heterocycles. The number of allylic oxidation sites excluding steroid dienone is 3. The molecule has 1 aromatic carbocycles. The average molecular weight is 434 g/mol. The van der Waals surface area contributed by atoms with Gasteiger partial charge in [0.05, 0.1) is 6.54 Å². The quantitative estimate of drug-likeness (QED) is 0.482. The lowest BCUT2D eigenvalue weighted by molar-refractivity contribution is -0.116. The number of hydrogen-bond donors (Lipinski definition) is 1. The van der Waals surface area contributed by atoms with Gasteiger partial charge in [-0.1, -0.05) is 18.2 Å². The van der Waals surface area contributed by atoms with Crippen molar-refractivity contribution in [1.82, 2.24) is 9.88 Å². The molecule has 168 valence electrons. The highest BCUT2D eigenvalue weighted by molar-refractivity contribution is 5.87. The van der Waals surface area contributed by atoms with Gasteiger partial charge in [0.2, 0.25) is 5.91 Å². The van der Waals surface area contributed by atoms with E-state index in [-0.39, 0.29) is 11.3 Å². The number of carbonyl (C=O) groups excluding carboxylic acids is 1. The molecule has 4 unspecified atom stereocenters. The number of amides is 1. The molecule has 32 heavy (non-hydrogen) atoms. The summed E-state index contributed by atoms with van der Waals surface area (Å²) >= 11 is 0. The van der Waals surface area contributed by atoms with Gasteiger partial charge in [0.15, 0.2) is 0 Å². The van der Waals surface area contributed by atoms with Gasteiger partial charge in [-0.2, -0.15) is 0 Å². The summed E-state index contributed by atoms with van der Waals surface area (Å²) in [5.74, 6) is 0.922. The molecule has 2 aromatic rings. The summed E-state index contributed by atoms with van der Waals surface area (Å²) in [6.45, 7) is 0.452. The third kappa shape index (κ3) is 3.89. The van der Waals surface area contributed by atoms with Crippen molar-refractivity contribution >= 4 is 11.6 Å². The highest BCUT2D eigenvalue weighted by atomic mass is 19.1. The van der Waals surface area contributed by atoms with E-state index in [1.165, 1.54) is 6.42 Å². The minimum absolute atomic E-state index is 0.0292. The van der Waals surface area contributed by atoms with E-state index in [4.69, 9.17) is 0 Å². The third-order valence-electron chi connectivity index (χ3n) is 7.72. The maximum absolute atomic E-state index is 14.8. The molecule has 4 fully saturated rings. The van der Waals surface area contributed by atoms with Gasteiger partial charge in [-0.15, -0.1) is 0 Å². The molecule has 0 saturated heterocycles. The molecule has 4 aliphatic carbocycles. The summed E-state index contributed by atoms with van der Waals surface area (Å²) < 4.78 is 16.9. The second-order valence-corrected chi connectivity index (χ2v) is 10.2. The maximum Gasteiger partial charge on any atom is 0.244 e. The molecule has 4 saturated carbocycles. The Morgan fingerprint density at radius 2 is 2.00 bits per heavy atom. The van der Waals surface area contributed by atoms with Crippen LogP contribution in [0.5, 0.6) is 0 Å². The molecule has 0 radical (unpaired) electrons. The van der Waals surface area contributed by atoms with Gasteiger partial charge in [-0.3, -0.25) is 4.79 Å². The average Bonchev–Trinajstić information content (AvgIpc) is 3.37. The van der Waals surface area contributed by atoms with Gasteiger partial charge in [-0.25, -0.2) is 4.39 Å². The fourth-order valence-electron chi connectivity index (χ4n) is 6.47. The highest BCUT2D eigenvalue weighted by Gasteiger charge is 2.63. The Kier molecular flexibility index (Phi) is 5.23. The monoisotopic (exact) mass is 433 g/mol. The van der Waals surface area contributed by atoms with Crippen LogP contribution in [-0.4, -0.2) is 30.2 Å². The van der Waals surface area contributed by atoms with Crippen LogP contribution in [0.25, 0.3) is 5.69 Å². The second kappa shape index (κ2) is 7.95. The van der Waals surface area contributed by atoms with Crippen molar-refractivity contribution in [2.24, 2.45) is 17.3 Å². The summed E-state index contributed by atoms with van der Waals surface area (Å²) in [6.07, 6.45) is 14.0. The number of rotatable bonds is 7. The maximum atomic E-state index is 14.8. The van der Waals surface area contributed by atoms with E-state index < -0.39 is 5.67 Å². The number of alkyl halides is 1. The van der Waals surface area contributed by atoms with Crippen LogP contribution in [-0.2, 0) is 11.3 Å². The minimum Gasteiger partial charge on any atom is -0.378 e. The van der Waals surface area contributed by atoms with E-state index in [1.807, 2.05) is 38.5 Å². The predicted octanol–water partition coefficient (Wildman–Crippen LogP) is 5.19. The van der Waals surface area contributed by atoms with Gasteiger partial charge in [-0.05, 0) is 85.8 Å². The Balaban J connectivity index is 1.17. The van der Waals surface area contributed by atoms with Crippen LogP contribution in [0.3, 0.4) is 0 Å². The molecule has 4 nitrogen and oxygen atoms in total. The Hall–Kier alpha value is -2.82. The molecule has 6 rings (SSSR count). The number of anilines is 1. The normalized spacial score (nSPS) is 30.6. The van der Waals surface area contributed by atoms with Crippen LogP contribution in [0.4, 0.5) is 10.1 Å². The van der Waals surface area contributed by atoms with Crippen LogP contribution in [0.2, 0.25) is 0 Å². The van der Waals surface area contributed by atoms with Crippen molar-refractivity contribution in [3.05, 3.63) is 72.6 Å². The molecule has 1 N–H and O–H groups in total. The molecule has 1 amide bonds. The van der Waals surface area contributed by atoms with Gasteiger partial charge in [0.1, 0.15) is 5.67 Å². The Labute approximate surface area is 189 Å². The zero-order valence-corrected chi connectivity index (χ0v) is 18.9. The molecule has 0 aliphatic heterocycles. The number of benzene rings is 1. The van der Waals surface area contributed by atoms with Crippen molar-refractivity contribution in [3.63, 3.8) is 0 Å². The number of carbonyl (C=O) groups is 1. The minimum atomic E-state index is -0.932. The first-order valence-electron chi connectivity index (χ1n) is 11.6. The summed E-state index contributed by atoms with van der Waals surface area (Å²) in [6, 6.07) is 12.3. The molecular formula is C27H32FN3O. The Morgan fingerprint density at radius 1 is 1.19 bits per heavy atom. The van der Waals surface area contributed by atoms with Gasteiger partial charge >= 0.3 is 0 Å². The first kappa shape index (κ1) is 21.0. The van der Waals surface area contributed by atoms with E-state index >= 15 is 0 Å². The number of aromatic nitrogens is 1. The van der Waals surface area contributed by atoms with Crippen molar-refractivity contribution in [3.8, 4) is 5.69 Å². The molecule has 4 aliphatic rings. The summed E-state index contributed by atoms with van der Waals surface area (Å²) in [5.41, 5.74) is 2.33. The molecular weight excluding hydrogens is 401 g/mol. The Morgan fingerprint density at radius 3 is 2.75 bits per heavy atom. The van der Waals surface area contributed by atoms with Gasteiger partial charge in [0.25, 0.3) is 0 Å². The molecule has 1 aromatic heterocycles. The van der Waals surface area contributed by atoms with E-state index in [0.29, 0.717) is 24.8 Å². The van der Waals surface area contributed by atoms with Crippen LogP contribution in [0, 0.1) is 17.3 Å². The standard InChI is InChI=1S/C27H32FN3O/c1-30(2)22-8-10-23(11-9-22)31-13-5-6-24(31)18-29-25(32)7-3-4-12-26-15-20-14-21(26)17-27(28,16-20)19-26/h3-13,20-21H,14-19H2,1-2H3,(H,29,32)/b7-3+,12-4+. The number of nitrogens with zero attached hydrogens (tertiary/aromatic N) is 2. The van der Waals surface area contributed by atoms with Crippen LogP contribution >= 0.6 is 0 Å². The molecule has 5 heteroatoms. The molecule has 0 spiro atoms. The number of hydrogen-bond acceptors (Lipinski definition) is 2. The zero-order chi connectivity index (χ0) is 22.3. The first-order chi connectivity index (χ1) is 15.4. The summed E-state index contributed by atoms with van der Waals surface area (Å²) in [4.78, 5) is 14.4. The summed E-state index contributed by atoms with van der Waals surface area (Å²) in [5, 5.41) is 2.97. The van der Waals surface area contributed by atoms with Crippen LogP contribution < -0.4 is 10.2 Å². The van der Waals surface area contributed by atoms with Gasteiger partial charge in [0, 0.05) is 43.4 Å². The highest BCUT2D eigenvalue weighted by Crippen LogP contribution is 2.68. The third-order valence-corrected chi connectivity index (χ3v) is 7.72. The fourth-order valence-corrected chi connectivity index (χ4v) is 6.47. The Bertz CT molecular complexity index is 1050. The fraction of sp³-hybridized carbons (Fsp3) is 0.444. The smallest absolute Gasteiger partial charge is 0.244 e. The topological polar surface area (TPSA) is 37.3 Å². The van der Waals surface area contributed by atoms with E-state index in [0.717, 1.165) is 36.3 Å². The first-order valence-corrected chi connectivity index (χ1v) is 11.6. The zero-order valence-electron chi connectivity index (χ0n) is 18.9. The SMILES string of the molecule is CN(C)c1ccc(-n2cccc2CNC(=O)/C=C/C=C/C23CC4CC2CC(F)(C4)C3)cc1. The second-order valence-electron chi connectivity index (χ2n) is 10.2. The summed E-state index contributed by atoms with van der Waals surface area (Å²) in [7, 11) is 4.04. The van der Waals surface area contributed by atoms with Crippen molar-refractivity contribution < 1.29 is 9.18 Å². The lowest BCUT2D eigenvalue weighted by Gasteiger charge is -2.34.